The van der Waals surface area contributed by atoms with Gasteiger partial charge in [-0.1, -0.05) is 30.3 Å². The summed E-state index contributed by atoms with van der Waals surface area (Å²) in [6, 6.07) is 13.0. The number of amides is 2. The maximum atomic E-state index is 12.7. The molecule has 2 amide bonds. The predicted octanol–water partition coefficient (Wildman–Crippen LogP) is 4.47. The minimum absolute atomic E-state index is 0.115. The minimum atomic E-state index is 0.115. The van der Waals surface area contributed by atoms with Crippen LogP contribution in [0.15, 0.2) is 41.8 Å². The summed E-state index contributed by atoms with van der Waals surface area (Å²) in [5, 5.41) is 5.18. The molecule has 0 unspecified atom stereocenters. The molecule has 0 bridgehead atoms. The first-order valence-corrected chi connectivity index (χ1v) is 11.7. The van der Waals surface area contributed by atoms with Gasteiger partial charge < -0.3 is 10.2 Å². The van der Waals surface area contributed by atoms with E-state index in [1.165, 1.54) is 28.9 Å². The number of benzene rings is 1. The van der Waals surface area contributed by atoms with Crippen molar-refractivity contribution in [2.45, 2.75) is 62.3 Å². The summed E-state index contributed by atoms with van der Waals surface area (Å²) >= 11 is 1.52. The summed E-state index contributed by atoms with van der Waals surface area (Å²) in [7, 11) is 0. The number of hydrogen-bond acceptors (Lipinski definition) is 3. The lowest BCUT2D eigenvalue weighted by atomic mass is 9.73. The lowest BCUT2D eigenvalue weighted by molar-refractivity contribution is -0.122. The molecule has 152 valence electrons. The van der Waals surface area contributed by atoms with Gasteiger partial charge in [0.2, 0.25) is 5.91 Å². The first-order chi connectivity index (χ1) is 14.1. The van der Waals surface area contributed by atoms with Crippen molar-refractivity contribution < 1.29 is 9.59 Å². The molecule has 2 fully saturated rings. The Hall–Kier alpha value is -2.14. The van der Waals surface area contributed by atoms with E-state index in [9.17, 15) is 9.59 Å². The molecule has 2 aliphatic carbocycles. The van der Waals surface area contributed by atoms with Gasteiger partial charge in [-0.05, 0) is 72.4 Å². The molecule has 1 aromatic heterocycles. The Balaban J connectivity index is 1.29. The van der Waals surface area contributed by atoms with E-state index in [-0.39, 0.29) is 17.2 Å². The molecule has 5 rings (SSSR count). The number of thiophene rings is 1. The summed E-state index contributed by atoms with van der Waals surface area (Å²) in [5.41, 5.74) is 2.89. The van der Waals surface area contributed by atoms with Crippen LogP contribution in [-0.4, -0.2) is 35.8 Å². The Bertz CT molecular complexity index is 895. The number of fused-ring (bicyclic) bond motifs is 2. The fourth-order valence-corrected chi connectivity index (χ4v) is 6.13. The van der Waals surface area contributed by atoms with Crippen LogP contribution in [0.1, 0.15) is 71.7 Å². The van der Waals surface area contributed by atoms with Crippen LogP contribution >= 0.6 is 11.3 Å². The van der Waals surface area contributed by atoms with Crippen molar-refractivity contribution in [3.63, 3.8) is 0 Å². The normalized spacial score (nSPS) is 22.9. The highest BCUT2D eigenvalue weighted by molar-refractivity contribution is 7.12. The van der Waals surface area contributed by atoms with Crippen molar-refractivity contribution in [3.05, 3.63) is 57.8 Å². The molecule has 1 aromatic carbocycles. The Morgan fingerprint density at radius 2 is 1.90 bits per heavy atom. The smallest absolute Gasteiger partial charge is 0.263 e. The van der Waals surface area contributed by atoms with E-state index >= 15 is 0 Å². The molecule has 0 radical (unpaired) electrons. The molecule has 4 nitrogen and oxygen atoms in total. The van der Waals surface area contributed by atoms with Gasteiger partial charge in [-0.15, -0.1) is 11.3 Å². The van der Waals surface area contributed by atoms with Crippen LogP contribution in [0, 0.1) is 0 Å². The SMILES string of the molecule is O=C(C[C@H]1CC2(CCN(C(=O)c3cccs3)CC2)c2ccccc21)NC1CCC1. The molecule has 29 heavy (non-hydrogen) atoms. The van der Waals surface area contributed by atoms with Crippen LogP contribution in [0.2, 0.25) is 0 Å². The predicted molar refractivity (Wildman–Crippen MR) is 115 cm³/mol. The first kappa shape index (κ1) is 18.9. The van der Waals surface area contributed by atoms with E-state index in [0.29, 0.717) is 18.4 Å². The second-order valence-corrected chi connectivity index (χ2v) is 9.89. The highest BCUT2D eigenvalue weighted by Gasteiger charge is 2.46. The molecule has 1 saturated carbocycles. The van der Waals surface area contributed by atoms with Crippen LogP contribution in [0.4, 0.5) is 0 Å². The average Bonchev–Trinajstić information content (AvgIpc) is 3.34. The second kappa shape index (κ2) is 7.60. The van der Waals surface area contributed by atoms with Gasteiger partial charge >= 0.3 is 0 Å². The molecule has 1 spiro atoms. The highest BCUT2D eigenvalue weighted by Crippen LogP contribution is 2.52. The molecule has 1 N–H and O–H groups in total. The highest BCUT2D eigenvalue weighted by atomic mass is 32.1. The molecular formula is C24H28N2O2S. The quantitative estimate of drug-likeness (QED) is 0.812. The molecule has 3 aliphatic rings. The second-order valence-electron chi connectivity index (χ2n) is 8.94. The van der Waals surface area contributed by atoms with E-state index in [1.807, 2.05) is 22.4 Å². The third-order valence-corrected chi connectivity index (χ3v) is 8.11. The van der Waals surface area contributed by atoms with Crippen LogP contribution in [-0.2, 0) is 10.2 Å². The fraction of sp³-hybridized carbons (Fsp3) is 0.500. The summed E-state index contributed by atoms with van der Waals surface area (Å²) < 4.78 is 0. The van der Waals surface area contributed by atoms with E-state index < -0.39 is 0 Å². The van der Waals surface area contributed by atoms with Crippen LogP contribution in [0.3, 0.4) is 0 Å². The van der Waals surface area contributed by atoms with E-state index in [2.05, 4.69) is 29.6 Å². The number of likely N-dealkylation sites (tertiary alicyclic amines) is 1. The number of hydrogen-bond donors (Lipinski definition) is 1. The summed E-state index contributed by atoms with van der Waals surface area (Å²) in [4.78, 5) is 28.2. The fourth-order valence-electron chi connectivity index (χ4n) is 5.44. The number of nitrogens with zero attached hydrogens (tertiary/aromatic N) is 1. The lowest BCUT2D eigenvalue weighted by Crippen LogP contribution is -2.44. The minimum Gasteiger partial charge on any atom is -0.353 e. The number of carbonyl (C=O) groups is 2. The van der Waals surface area contributed by atoms with Crippen molar-refractivity contribution in [1.82, 2.24) is 10.2 Å². The Labute approximate surface area is 176 Å². The van der Waals surface area contributed by atoms with Crippen LogP contribution in [0.5, 0.6) is 0 Å². The lowest BCUT2D eigenvalue weighted by Gasteiger charge is -2.40. The Morgan fingerprint density at radius 1 is 1.10 bits per heavy atom. The van der Waals surface area contributed by atoms with Gasteiger partial charge in [0.1, 0.15) is 0 Å². The Kier molecular flexibility index (Phi) is 4.94. The number of nitrogens with one attached hydrogen (secondary N) is 1. The molecule has 2 aromatic rings. The van der Waals surface area contributed by atoms with Crippen LogP contribution in [0.25, 0.3) is 0 Å². The molecule has 2 heterocycles. The molecule has 1 aliphatic heterocycles. The zero-order valence-electron chi connectivity index (χ0n) is 16.7. The largest absolute Gasteiger partial charge is 0.353 e. The van der Waals surface area contributed by atoms with Gasteiger partial charge in [0.15, 0.2) is 0 Å². The maximum absolute atomic E-state index is 12.7. The molecule has 5 heteroatoms. The average molecular weight is 409 g/mol. The van der Waals surface area contributed by atoms with Gasteiger partial charge in [-0.3, -0.25) is 9.59 Å². The van der Waals surface area contributed by atoms with E-state index in [0.717, 1.165) is 50.1 Å². The van der Waals surface area contributed by atoms with Crippen molar-refractivity contribution in [2.75, 3.05) is 13.1 Å². The van der Waals surface area contributed by atoms with Crippen LogP contribution < -0.4 is 5.32 Å². The van der Waals surface area contributed by atoms with Gasteiger partial charge in [-0.2, -0.15) is 0 Å². The molecular weight excluding hydrogens is 380 g/mol. The Morgan fingerprint density at radius 3 is 2.59 bits per heavy atom. The van der Waals surface area contributed by atoms with Gasteiger partial charge in [0.25, 0.3) is 5.91 Å². The van der Waals surface area contributed by atoms with E-state index in [1.54, 1.807) is 0 Å². The third kappa shape index (κ3) is 3.50. The van der Waals surface area contributed by atoms with E-state index in [4.69, 9.17) is 0 Å². The number of piperidine rings is 1. The van der Waals surface area contributed by atoms with Crippen molar-refractivity contribution in [2.24, 2.45) is 0 Å². The van der Waals surface area contributed by atoms with Gasteiger partial charge in [0, 0.05) is 25.6 Å². The summed E-state index contributed by atoms with van der Waals surface area (Å²) in [5.74, 6) is 0.667. The van der Waals surface area contributed by atoms with Crippen molar-refractivity contribution >= 4 is 23.2 Å². The zero-order valence-corrected chi connectivity index (χ0v) is 17.5. The topological polar surface area (TPSA) is 49.4 Å². The molecule has 1 saturated heterocycles. The van der Waals surface area contributed by atoms with Gasteiger partial charge in [0.05, 0.1) is 4.88 Å². The number of carbonyl (C=O) groups excluding carboxylic acids is 2. The zero-order chi connectivity index (χ0) is 19.8. The van der Waals surface area contributed by atoms with Crippen molar-refractivity contribution in [3.8, 4) is 0 Å². The summed E-state index contributed by atoms with van der Waals surface area (Å²) in [6.07, 6.45) is 7.10. The monoisotopic (exact) mass is 408 g/mol. The molecule has 1 atom stereocenters. The van der Waals surface area contributed by atoms with Crippen molar-refractivity contribution in [1.29, 1.82) is 0 Å². The first-order valence-electron chi connectivity index (χ1n) is 10.9. The van der Waals surface area contributed by atoms with Gasteiger partial charge in [-0.25, -0.2) is 0 Å². The summed E-state index contributed by atoms with van der Waals surface area (Å²) in [6.45, 7) is 1.60. The standard InChI is InChI=1S/C24H28N2O2S/c27-22(25-18-5-3-6-18)15-17-16-24(20-8-2-1-7-19(17)20)10-12-26(13-11-24)23(28)21-9-4-14-29-21/h1-2,4,7-9,14,17-18H,3,5-6,10-13,15-16H2,(H,25,27)/t17-/m0/s1. The number of rotatable bonds is 4. The third-order valence-electron chi connectivity index (χ3n) is 7.25. The maximum Gasteiger partial charge on any atom is 0.263 e.